The standard InChI is InChI=1S/C10H14ClNO3S/c1-8-7-9(3-4-10(8)12)15-5-2-6-16(11,13)14/h3-4,7H,2,5-6,12H2,1H3. The van der Waals surface area contributed by atoms with Gasteiger partial charge in [0.2, 0.25) is 9.05 Å². The summed E-state index contributed by atoms with van der Waals surface area (Å²) in [5.74, 6) is 0.598. The molecule has 0 fully saturated rings. The average Bonchev–Trinajstić information content (AvgIpc) is 2.17. The zero-order chi connectivity index (χ0) is 12.2. The number of anilines is 1. The molecule has 0 aliphatic heterocycles. The first-order valence-corrected chi connectivity index (χ1v) is 7.27. The van der Waals surface area contributed by atoms with Crippen LogP contribution in [0, 0.1) is 6.92 Å². The second-order valence-electron chi connectivity index (χ2n) is 3.46. The number of aryl methyl sites for hydroxylation is 1. The molecule has 90 valence electrons. The smallest absolute Gasteiger partial charge is 0.232 e. The number of hydrogen-bond donors (Lipinski definition) is 1. The van der Waals surface area contributed by atoms with Crippen LogP contribution in [-0.2, 0) is 9.05 Å². The van der Waals surface area contributed by atoms with Crippen LogP contribution in [0.3, 0.4) is 0 Å². The molecule has 0 aromatic heterocycles. The minimum absolute atomic E-state index is 0.0808. The topological polar surface area (TPSA) is 69.4 Å². The van der Waals surface area contributed by atoms with Gasteiger partial charge in [0.25, 0.3) is 0 Å². The van der Waals surface area contributed by atoms with Gasteiger partial charge in [-0.05, 0) is 37.1 Å². The fraction of sp³-hybridized carbons (Fsp3) is 0.400. The van der Waals surface area contributed by atoms with Gasteiger partial charge in [-0.15, -0.1) is 0 Å². The van der Waals surface area contributed by atoms with E-state index in [1.807, 2.05) is 13.0 Å². The normalized spacial score (nSPS) is 11.4. The lowest BCUT2D eigenvalue weighted by molar-refractivity contribution is 0.318. The highest BCUT2D eigenvalue weighted by atomic mass is 35.7. The van der Waals surface area contributed by atoms with Crippen LogP contribution in [0.2, 0.25) is 0 Å². The lowest BCUT2D eigenvalue weighted by Crippen LogP contribution is -2.05. The van der Waals surface area contributed by atoms with E-state index in [2.05, 4.69) is 0 Å². The lowest BCUT2D eigenvalue weighted by Gasteiger charge is -2.07. The van der Waals surface area contributed by atoms with Gasteiger partial charge < -0.3 is 10.5 Å². The zero-order valence-electron chi connectivity index (χ0n) is 8.94. The minimum atomic E-state index is -3.42. The zero-order valence-corrected chi connectivity index (χ0v) is 10.5. The third-order valence-corrected chi connectivity index (χ3v) is 3.28. The van der Waals surface area contributed by atoms with Crippen LogP contribution in [0.15, 0.2) is 18.2 Å². The Morgan fingerprint density at radius 2 is 2.12 bits per heavy atom. The molecule has 0 spiro atoms. The van der Waals surface area contributed by atoms with Crippen molar-refractivity contribution in [1.82, 2.24) is 0 Å². The van der Waals surface area contributed by atoms with E-state index in [-0.39, 0.29) is 5.75 Å². The number of hydrogen-bond acceptors (Lipinski definition) is 4. The van der Waals surface area contributed by atoms with E-state index in [0.717, 1.165) is 5.56 Å². The first kappa shape index (κ1) is 13.1. The first-order valence-electron chi connectivity index (χ1n) is 4.80. The SMILES string of the molecule is Cc1cc(OCCCS(=O)(=O)Cl)ccc1N. The molecule has 0 amide bonds. The van der Waals surface area contributed by atoms with E-state index < -0.39 is 9.05 Å². The minimum Gasteiger partial charge on any atom is -0.494 e. The van der Waals surface area contributed by atoms with Crippen molar-refractivity contribution in [2.24, 2.45) is 0 Å². The number of nitrogens with two attached hydrogens (primary N) is 1. The number of halogens is 1. The van der Waals surface area contributed by atoms with E-state index in [1.165, 1.54) is 0 Å². The summed E-state index contributed by atoms with van der Waals surface area (Å²) in [5, 5.41) is 0. The molecular formula is C10H14ClNO3S. The maximum atomic E-state index is 10.6. The maximum Gasteiger partial charge on any atom is 0.232 e. The molecule has 0 saturated carbocycles. The van der Waals surface area contributed by atoms with Crippen molar-refractivity contribution < 1.29 is 13.2 Å². The van der Waals surface area contributed by atoms with Gasteiger partial charge in [0.15, 0.2) is 0 Å². The van der Waals surface area contributed by atoms with Crippen LogP contribution < -0.4 is 10.5 Å². The molecule has 0 heterocycles. The Morgan fingerprint density at radius 1 is 1.44 bits per heavy atom. The van der Waals surface area contributed by atoms with Gasteiger partial charge >= 0.3 is 0 Å². The van der Waals surface area contributed by atoms with Crippen molar-refractivity contribution >= 4 is 25.4 Å². The van der Waals surface area contributed by atoms with Crippen LogP contribution in [0.5, 0.6) is 5.75 Å². The Kier molecular flexibility index (Phi) is 4.44. The van der Waals surface area contributed by atoms with Gasteiger partial charge in [-0.2, -0.15) is 0 Å². The third-order valence-electron chi connectivity index (χ3n) is 2.04. The third kappa shape index (κ3) is 4.72. The van der Waals surface area contributed by atoms with Gasteiger partial charge in [0, 0.05) is 16.4 Å². The second-order valence-corrected chi connectivity index (χ2v) is 6.36. The maximum absolute atomic E-state index is 10.6. The molecule has 4 nitrogen and oxygen atoms in total. The van der Waals surface area contributed by atoms with E-state index >= 15 is 0 Å². The Hall–Kier alpha value is -0.940. The van der Waals surface area contributed by atoms with Crippen molar-refractivity contribution in [3.05, 3.63) is 23.8 Å². The summed E-state index contributed by atoms with van der Waals surface area (Å²) in [6.07, 6.45) is 0.370. The Balaban J connectivity index is 2.41. The molecule has 16 heavy (non-hydrogen) atoms. The average molecular weight is 264 g/mol. The van der Waals surface area contributed by atoms with Crippen LogP contribution in [0.4, 0.5) is 5.69 Å². The largest absolute Gasteiger partial charge is 0.494 e. The molecule has 6 heteroatoms. The fourth-order valence-corrected chi connectivity index (χ4v) is 1.95. The molecule has 0 radical (unpaired) electrons. The first-order chi connectivity index (χ1) is 7.38. The highest BCUT2D eigenvalue weighted by Gasteiger charge is 2.04. The predicted molar refractivity (Wildman–Crippen MR) is 65.3 cm³/mol. The lowest BCUT2D eigenvalue weighted by atomic mass is 10.2. The predicted octanol–water partition coefficient (Wildman–Crippen LogP) is 1.91. The van der Waals surface area contributed by atoms with Crippen molar-refractivity contribution in [1.29, 1.82) is 0 Å². The number of nitrogen functional groups attached to an aromatic ring is 1. The molecule has 1 rings (SSSR count). The van der Waals surface area contributed by atoms with Gasteiger partial charge in [-0.1, -0.05) is 0 Å². The Morgan fingerprint density at radius 3 is 2.69 bits per heavy atom. The summed E-state index contributed by atoms with van der Waals surface area (Å²) in [7, 11) is 1.64. The highest BCUT2D eigenvalue weighted by Crippen LogP contribution is 2.18. The number of benzene rings is 1. The van der Waals surface area contributed by atoms with Crippen molar-refractivity contribution in [3.63, 3.8) is 0 Å². The summed E-state index contributed by atoms with van der Waals surface area (Å²) in [4.78, 5) is 0. The van der Waals surface area contributed by atoms with Crippen LogP contribution in [0.25, 0.3) is 0 Å². The van der Waals surface area contributed by atoms with E-state index in [1.54, 1.807) is 12.1 Å². The van der Waals surface area contributed by atoms with Crippen LogP contribution >= 0.6 is 10.7 Å². The summed E-state index contributed by atoms with van der Waals surface area (Å²) in [5.41, 5.74) is 7.29. The Bertz CT molecular complexity index is 459. The van der Waals surface area contributed by atoms with E-state index in [4.69, 9.17) is 21.2 Å². The molecule has 0 bridgehead atoms. The van der Waals surface area contributed by atoms with E-state index in [9.17, 15) is 8.42 Å². The molecule has 2 N–H and O–H groups in total. The molecule has 0 aliphatic rings. The quantitative estimate of drug-likeness (QED) is 0.501. The molecule has 0 unspecified atom stereocenters. The molecule has 0 saturated heterocycles. The molecule has 1 aromatic rings. The van der Waals surface area contributed by atoms with Crippen molar-refractivity contribution in [2.75, 3.05) is 18.1 Å². The second kappa shape index (κ2) is 5.41. The summed E-state index contributed by atoms with van der Waals surface area (Å²) in [6.45, 7) is 2.20. The number of rotatable bonds is 5. The van der Waals surface area contributed by atoms with Crippen LogP contribution in [-0.4, -0.2) is 20.8 Å². The van der Waals surface area contributed by atoms with Crippen molar-refractivity contribution in [3.8, 4) is 5.75 Å². The van der Waals surface area contributed by atoms with Gasteiger partial charge in [-0.3, -0.25) is 0 Å². The monoisotopic (exact) mass is 263 g/mol. The van der Waals surface area contributed by atoms with Gasteiger partial charge in [-0.25, -0.2) is 8.42 Å². The fourth-order valence-electron chi connectivity index (χ4n) is 1.16. The van der Waals surface area contributed by atoms with Gasteiger partial charge in [0.05, 0.1) is 12.4 Å². The highest BCUT2D eigenvalue weighted by molar-refractivity contribution is 8.13. The summed E-state index contributed by atoms with van der Waals surface area (Å²) < 4.78 is 26.6. The van der Waals surface area contributed by atoms with Gasteiger partial charge in [0.1, 0.15) is 5.75 Å². The Labute approximate surface area is 99.8 Å². The molecular weight excluding hydrogens is 250 g/mol. The van der Waals surface area contributed by atoms with Crippen LogP contribution in [0.1, 0.15) is 12.0 Å². The van der Waals surface area contributed by atoms with Crippen molar-refractivity contribution in [2.45, 2.75) is 13.3 Å². The van der Waals surface area contributed by atoms with E-state index in [0.29, 0.717) is 24.5 Å². The number of ether oxygens (including phenoxy) is 1. The molecule has 1 aromatic carbocycles. The summed E-state index contributed by atoms with van der Waals surface area (Å²) >= 11 is 0. The molecule has 0 atom stereocenters. The molecule has 0 aliphatic carbocycles. The summed E-state index contributed by atoms with van der Waals surface area (Å²) in [6, 6.07) is 5.31.